The van der Waals surface area contributed by atoms with Crippen molar-refractivity contribution >= 4 is 18.0 Å². The van der Waals surface area contributed by atoms with E-state index in [0.717, 1.165) is 109 Å². The zero-order chi connectivity index (χ0) is 39.9. The first-order valence-electron chi connectivity index (χ1n) is 23.8. The minimum atomic E-state index is -0.0674. The van der Waals surface area contributed by atoms with E-state index in [9.17, 15) is 14.4 Å². The van der Waals surface area contributed by atoms with E-state index in [1.807, 2.05) is 7.11 Å². The third-order valence-corrected chi connectivity index (χ3v) is 14.8. The Labute approximate surface area is 339 Å². The van der Waals surface area contributed by atoms with Crippen molar-refractivity contribution in [2.75, 3.05) is 26.7 Å². The van der Waals surface area contributed by atoms with Crippen LogP contribution in [0.15, 0.2) is 11.6 Å². The molecule has 3 fully saturated rings. The summed E-state index contributed by atoms with van der Waals surface area (Å²) in [6.07, 6.45) is 36.2. The first-order chi connectivity index (χ1) is 26.7. The summed E-state index contributed by atoms with van der Waals surface area (Å²) in [5, 5.41) is 0. The lowest BCUT2D eigenvalue weighted by Gasteiger charge is -2.56. The second kappa shape index (κ2) is 26.5. The maximum absolute atomic E-state index is 12.7. The minimum absolute atomic E-state index is 0.0201. The largest absolute Gasteiger partial charge is 0.462 e. The van der Waals surface area contributed by atoms with Gasteiger partial charge in [0.2, 0.25) is 0 Å². The molecular formula is C49H87NO5. The molecule has 4 rings (SSSR count). The van der Waals surface area contributed by atoms with Crippen LogP contribution >= 0.6 is 0 Å². The number of ether oxygens (including phenoxy) is 2. The van der Waals surface area contributed by atoms with Crippen molar-refractivity contribution < 1.29 is 23.9 Å². The lowest BCUT2D eigenvalue weighted by atomic mass is 9.48. The van der Waals surface area contributed by atoms with E-state index in [-0.39, 0.29) is 22.9 Å². The number of fused-ring (bicyclic) bond motifs is 5. The van der Waals surface area contributed by atoms with Crippen molar-refractivity contribution in [2.24, 2.45) is 28.6 Å². The number of aldehydes is 1. The van der Waals surface area contributed by atoms with Gasteiger partial charge in [0.1, 0.15) is 18.2 Å². The summed E-state index contributed by atoms with van der Waals surface area (Å²) in [5.74, 6) is 2.40. The number of ketones is 1. The standard InChI is InChI=1S/C33H53NO4.C16H34O/c1-4-34(21-9-5-6-11-23-35)22-10-7-8-12-31(37)38-26-17-19-32(2)25(24-26)13-14-27-28-15-16-30(36)33(28,3)20-18-29(27)32;1-4-6-8-10-12-14-16(17-3)15-13-11-9-7-5-2/h13,23,26-29H,4-12,14-22,24H2,1-3H3;16H,4-15H2,1-3H3. The highest BCUT2D eigenvalue weighted by Gasteiger charge is 2.58. The van der Waals surface area contributed by atoms with Gasteiger partial charge in [-0.05, 0) is 120 Å². The molecule has 0 radical (unpaired) electrons. The van der Waals surface area contributed by atoms with Gasteiger partial charge in [-0.3, -0.25) is 9.59 Å². The number of hydrogen-bond donors (Lipinski definition) is 0. The second-order valence-corrected chi connectivity index (χ2v) is 18.6. The molecule has 3 saturated carbocycles. The molecule has 6 atom stereocenters. The Morgan fingerprint density at radius 1 is 0.800 bits per heavy atom. The Morgan fingerprint density at radius 2 is 1.40 bits per heavy atom. The Morgan fingerprint density at radius 3 is 2.02 bits per heavy atom. The molecule has 0 heterocycles. The SMILES string of the molecule is CCCCCCCC(CCCCCCC)OC.CCN(CCCCCC=O)CCCCCC(=O)OC1CCC2(C)C(=CCC3C4CCC(=O)C4(C)CCC32)C1. The van der Waals surface area contributed by atoms with Gasteiger partial charge in [0.25, 0.3) is 0 Å². The minimum Gasteiger partial charge on any atom is -0.462 e. The molecular weight excluding hydrogens is 683 g/mol. The molecule has 0 aromatic rings. The molecule has 0 bridgehead atoms. The van der Waals surface area contributed by atoms with Crippen molar-refractivity contribution in [2.45, 2.75) is 227 Å². The fraction of sp³-hybridized carbons (Fsp3) is 0.898. The molecule has 0 spiro atoms. The van der Waals surface area contributed by atoms with E-state index in [1.165, 1.54) is 89.0 Å². The van der Waals surface area contributed by atoms with Crippen LogP contribution in [-0.2, 0) is 23.9 Å². The molecule has 318 valence electrons. The molecule has 0 aliphatic heterocycles. The summed E-state index contributed by atoms with van der Waals surface area (Å²) < 4.78 is 11.6. The first kappa shape index (κ1) is 47.8. The van der Waals surface area contributed by atoms with Crippen LogP contribution in [-0.4, -0.2) is 61.9 Å². The predicted octanol–water partition coefficient (Wildman–Crippen LogP) is 12.8. The fourth-order valence-corrected chi connectivity index (χ4v) is 11.0. The fourth-order valence-electron chi connectivity index (χ4n) is 11.0. The second-order valence-electron chi connectivity index (χ2n) is 18.6. The number of rotatable bonds is 27. The zero-order valence-electron chi connectivity index (χ0n) is 37.0. The van der Waals surface area contributed by atoms with E-state index in [0.29, 0.717) is 42.5 Å². The Balaban J connectivity index is 0.000000404. The molecule has 0 aromatic carbocycles. The molecule has 4 aliphatic rings. The molecule has 0 N–H and O–H groups in total. The van der Waals surface area contributed by atoms with Crippen LogP contribution in [0, 0.1) is 28.6 Å². The van der Waals surface area contributed by atoms with Crippen LogP contribution < -0.4 is 0 Å². The first-order valence-corrected chi connectivity index (χ1v) is 23.8. The molecule has 0 aromatic heterocycles. The van der Waals surface area contributed by atoms with Gasteiger partial charge in [0.05, 0.1) is 6.10 Å². The third kappa shape index (κ3) is 15.3. The normalized spacial score (nSPS) is 27.2. The van der Waals surface area contributed by atoms with Crippen molar-refractivity contribution in [1.82, 2.24) is 4.90 Å². The molecule has 4 aliphatic carbocycles. The number of hydrogen-bond acceptors (Lipinski definition) is 6. The van der Waals surface area contributed by atoms with E-state index in [4.69, 9.17) is 9.47 Å². The number of carbonyl (C=O) groups excluding carboxylic acids is 3. The van der Waals surface area contributed by atoms with Crippen molar-refractivity contribution in [3.63, 3.8) is 0 Å². The number of Topliss-reactive ketones (excluding diaryl/α,β-unsaturated/α-hetero) is 1. The van der Waals surface area contributed by atoms with Gasteiger partial charge >= 0.3 is 5.97 Å². The highest BCUT2D eigenvalue weighted by Crippen LogP contribution is 2.64. The highest BCUT2D eigenvalue weighted by atomic mass is 16.5. The monoisotopic (exact) mass is 770 g/mol. The van der Waals surface area contributed by atoms with Gasteiger partial charge in [-0.1, -0.05) is 123 Å². The molecule has 6 heteroatoms. The number of esters is 1. The van der Waals surface area contributed by atoms with E-state index >= 15 is 0 Å². The van der Waals surface area contributed by atoms with Crippen LogP contribution in [0.3, 0.4) is 0 Å². The number of allylic oxidation sites excluding steroid dienone is 1. The Kier molecular flexibility index (Phi) is 23.0. The van der Waals surface area contributed by atoms with Gasteiger partial charge < -0.3 is 19.2 Å². The van der Waals surface area contributed by atoms with Gasteiger partial charge in [0, 0.05) is 38.2 Å². The molecule has 6 unspecified atom stereocenters. The smallest absolute Gasteiger partial charge is 0.306 e. The van der Waals surface area contributed by atoms with Gasteiger partial charge in [-0.25, -0.2) is 0 Å². The summed E-state index contributed by atoms with van der Waals surface area (Å²) in [5.41, 5.74) is 1.68. The summed E-state index contributed by atoms with van der Waals surface area (Å²) >= 11 is 0. The molecule has 0 amide bonds. The van der Waals surface area contributed by atoms with Crippen LogP contribution in [0.4, 0.5) is 0 Å². The highest BCUT2D eigenvalue weighted by molar-refractivity contribution is 5.87. The average Bonchev–Trinajstić information content (AvgIpc) is 3.49. The predicted molar refractivity (Wildman–Crippen MR) is 229 cm³/mol. The van der Waals surface area contributed by atoms with Crippen LogP contribution in [0.5, 0.6) is 0 Å². The Hall–Kier alpha value is -1.53. The lowest BCUT2D eigenvalue weighted by molar-refractivity contribution is -0.151. The summed E-state index contributed by atoms with van der Waals surface area (Å²) in [6, 6.07) is 0. The Bertz CT molecular complexity index is 1110. The number of carbonyl (C=O) groups is 3. The number of methoxy groups -OCH3 is 1. The van der Waals surface area contributed by atoms with Crippen LogP contribution in [0.2, 0.25) is 0 Å². The number of nitrogens with zero attached hydrogens (tertiary/aromatic N) is 1. The maximum Gasteiger partial charge on any atom is 0.306 e. The van der Waals surface area contributed by atoms with Gasteiger partial charge in [-0.2, -0.15) is 0 Å². The summed E-state index contributed by atoms with van der Waals surface area (Å²) in [4.78, 5) is 38.2. The van der Waals surface area contributed by atoms with Crippen molar-refractivity contribution in [1.29, 1.82) is 0 Å². The van der Waals surface area contributed by atoms with E-state index < -0.39 is 0 Å². The molecule has 0 saturated heterocycles. The van der Waals surface area contributed by atoms with Gasteiger partial charge in [-0.15, -0.1) is 0 Å². The van der Waals surface area contributed by atoms with Crippen LogP contribution in [0.25, 0.3) is 0 Å². The quantitative estimate of drug-likeness (QED) is 0.0358. The van der Waals surface area contributed by atoms with Crippen LogP contribution in [0.1, 0.15) is 214 Å². The average molecular weight is 770 g/mol. The summed E-state index contributed by atoms with van der Waals surface area (Å²) in [6.45, 7) is 14.7. The van der Waals surface area contributed by atoms with E-state index in [2.05, 4.69) is 45.6 Å². The van der Waals surface area contributed by atoms with E-state index in [1.54, 1.807) is 0 Å². The molecule has 55 heavy (non-hydrogen) atoms. The molecule has 6 nitrogen and oxygen atoms in total. The lowest BCUT2D eigenvalue weighted by Crippen LogP contribution is -2.50. The topological polar surface area (TPSA) is 72.9 Å². The third-order valence-electron chi connectivity index (χ3n) is 14.8. The number of unbranched alkanes of at least 4 members (excludes halogenated alkanes) is 13. The summed E-state index contributed by atoms with van der Waals surface area (Å²) in [7, 11) is 1.88. The van der Waals surface area contributed by atoms with Gasteiger partial charge in [0.15, 0.2) is 0 Å². The zero-order valence-corrected chi connectivity index (χ0v) is 37.0. The maximum atomic E-state index is 12.7. The van der Waals surface area contributed by atoms with Crippen molar-refractivity contribution in [3.05, 3.63) is 11.6 Å². The van der Waals surface area contributed by atoms with Crippen molar-refractivity contribution in [3.8, 4) is 0 Å².